The average molecular weight is 571 g/mol. The van der Waals surface area contributed by atoms with Gasteiger partial charge in [0.05, 0.1) is 16.5 Å². The summed E-state index contributed by atoms with van der Waals surface area (Å²) in [6.07, 6.45) is 1.57. The smallest absolute Gasteiger partial charge is 0.294 e. The van der Waals surface area contributed by atoms with Crippen LogP contribution >= 0.6 is 27.7 Å². The van der Waals surface area contributed by atoms with Gasteiger partial charge in [0.15, 0.2) is 0 Å². The number of halogens is 2. The highest BCUT2D eigenvalue weighted by atomic mass is 79.9. The van der Waals surface area contributed by atoms with Crippen molar-refractivity contribution in [2.45, 2.75) is 6.61 Å². The molecule has 7 nitrogen and oxygen atoms in total. The fourth-order valence-corrected chi connectivity index (χ4v) is 4.65. The lowest BCUT2D eigenvalue weighted by Gasteiger charge is -2.12. The molecule has 1 aliphatic heterocycles. The molecule has 1 heterocycles. The number of thioether (sulfide) groups is 1. The lowest BCUT2D eigenvalue weighted by Crippen LogP contribution is -2.36. The van der Waals surface area contributed by atoms with Crippen molar-refractivity contribution in [1.82, 2.24) is 4.90 Å². The number of nitrogens with one attached hydrogen (secondary N) is 1. The predicted octanol–water partition coefficient (Wildman–Crippen LogP) is 5.85. The number of methoxy groups -OCH3 is 1. The average Bonchev–Trinajstić information content (AvgIpc) is 3.12. The Morgan fingerprint density at radius 3 is 2.56 bits per heavy atom. The number of ether oxygens (including phenoxy) is 2. The van der Waals surface area contributed by atoms with Gasteiger partial charge in [-0.25, -0.2) is 4.39 Å². The number of carbonyl (C=O) groups is 3. The molecule has 1 aliphatic rings. The van der Waals surface area contributed by atoms with Crippen molar-refractivity contribution in [1.29, 1.82) is 0 Å². The van der Waals surface area contributed by atoms with Gasteiger partial charge in [0.25, 0.3) is 11.1 Å². The molecule has 36 heavy (non-hydrogen) atoms. The quantitative estimate of drug-likeness (QED) is 0.342. The first-order valence-corrected chi connectivity index (χ1v) is 12.3. The van der Waals surface area contributed by atoms with Crippen LogP contribution in [0.1, 0.15) is 11.1 Å². The molecule has 1 N–H and O–H groups in total. The number of benzene rings is 3. The highest BCUT2D eigenvalue weighted by Crippen LogP contribution is 2.34. The van der Waals surface area contributed by atoms with Gasteiger partial charge in [-0.15, -0.1) is 0 Å². The molecular weight excluding hydrogens is 551 g/mol. The van der Waals surface area contributed by atoms with E-state index >= 15 is 0 Å². The second kappa shape index (κ2) is 11.4. The first-order chi connectivity index (χ1) is 17.3. The van der Waals surface area contributed by atoms with Gasteiger partial charge in [-0.2, -0.15) is 0 Å². The van der Waals surface area contributed by atoms with E-state index in [0.717, 1.165) is 16.7 Å². The molecule has 3 aromatic carbocycles. The van der Waals surface area contributed by atoms with Gasteiger partial charge in [0.2, 0.25) is 5.91 Å². The maximum absolute atomic E-state index is 13.8. The molecule has 0 atom stereocenters. The van der Waals surface area contributed by atoms with Gasteiger partial charge in [0.1, 0.15) is 30.5 Å². The minimum atomic E-state index is -0.550. The minimum absolute atomic E-state index is 0.0576. The van der Waals surface area contributed by atoms with E-state index in [1.807, 2.05) is 0 Å². The fraction of sp³-hybridized carbons (Fsp3) is 0.115. The van der Waals surface area contributed by atoms with Crippen LogP contribution < -0.4 is 14.8 Å². The zero-order chi connectivity index (χ0) is 25.7. The number of hydrogen-bond acceptors (Lipinski definition) is 6. The lowest BCUT2D eigenvalue weighted by atomic mass is 10.2. The fourth-order valence-electron chi connectivity index (χ4n) is 3.30. The lowest BCUT2D eigenvalue weighted by molar-refractivity contribution is -0.127. The van der Waals surface area contributed by atoms with Crippen LogP contribution in [-0.4, -0.2) is 35.6 Å². The SMILES string of the molecule is COc1ccc(NC(=O)CN2C(=O)S/C(=C/c3ccc(OCc4ccccc4F)c(Br)c3)C2=O)cc1. The van der Waals surface area contributed by atoms with Crippen LogP contribution in [0.15, 0.2) is 76.1 Å². The second-order valence-electron chi connectivity index (χ2n) is 7.61. The second-order valence-corrected chi connectivity index (χ2v) is 9.46. The van der Waals surface area contributed by atoms with Crippen LogP contribution in [-0.2, 0) is 16.2 Å². The molecule has 10 heteroatoms. The zero-order valence-electron chi connectivity index (χ0n) is 19.0. The van der Waals surface area contributed by atoms with Crippen LogP contribution in [0.5, 0.6) is 11.5 Å². The largest absolute Gasteiger partial charge is 0.497 e. The van der Waals surface area contributed by atoms with Crippen molar-refractivity contribution in [2.75, 3.05) is 19.0 Å². The van der Waals surface area contributed by atoms with Gasteiger partial charge in [-0.3, -0.25) is 19.3 Å². The molecule has 3 aromatic rings. The summed E-state index contributed by atoms with van der Waals surface area (Å²) < 4.78 is 25.2. The number of amides is 3. The first-order valence-electron chi connectivity index (χ1n) is 10.7. The third-order valence-corrected chi connectivity index (χ3v) is 6.67. The molecule has 1 fully saturated rings. The van der Waals surface area contributed by atoms with Crippen LogP contribution in [0.4, 0.5) is 14.9 Å². The number of carbonyl (C=O) groups excluding carboxylic acids is 3. The summed E-state index contributed by atoms with van der Waals surface area (Å²) >= 11 is 4.19. The summed E-state index contributed by atoms with van der Waals surface area (Å²) in [4.78, 5) is 38.7. The number of nitrogens with zero attached hydrogens (tertiary/aromatic N) is 1. The molecule has 0 bridgehead atoms. The van der Waals surface area contributed by atoms with Crippen molar-refractivity contribution in [3.63, 3.8) is 0 Å². The van der Waals surface area contributed by atoms with E-state index < -0.39 is 23.6 Å². The summed E-state index contributed by atoms with van der Waals surface area (Å²) in [6.45, 7) is -0.345. The Morgan fingerprint density at radius 1 is 1.11 bits per heavy atom. The summed E-state index contributed by atoms with van der Waals surface area (Å²) in [6, 6.07) is 18.2. The van der Waals surface area contributed by atoms with E-state index in [4.69, 9.17) is 9.47 Å². The van der Waals surface area contributed by atoms with Crippen molar-refractivity contribution < 1.29 is 28.2 Å². The standard InChI is InChI=1S/C26H20BrFN2O5S/c1-34-19-9-7-18(8-10-19)29-24(31)14-30-25(32)23(36-26(30)33)13-16-6-11-22(20(27)12-16)35-15-17-4-2-3-5-21(17)28/h2-13H,14-15H2,1H3,(H,29,31)/b23-13+. The maximum Gasteiger partial charge on any atom is 0.294 e. The Morgan fingerprint density at radius 2 is 1.86 bits per heavy atom. The molecular formula is C26H20BrFN2O5S. The van der Waals surface area contributed by atoms with Gasteiger partial charge in [-0.05, 0) is 81.8 Å². The summed E-state index contributed by atoms with van der Waals surface area (Å²) in [5, 5.41) is 2.13. The Bertz CT molecular complexity index is 1350. The number of anilines is 1. The molecule has 0 aliphatic carbocycles. The van der Waals surface area contributed by atoms with Crippen molar-refractivity contribution in [3.8, 4) is 11.5 Å². The van der Waals surface area contributed by atoms with Gasteiger partial charge in [0, 0.05) is 11.3 Å². The Balaban J connectivity index is 1.39. The normalized spacial score (nSPS) is 14.3. The molecule has 0 unspecified atom stereocenters. The molecule has 4 rings (SSSR count). The summed E-state index contributed by atoms with van der Waals surface area (Å²) in [5.74, 6) is -0.258. The predicted molar refractivity (Wildman–Crippen MR) is 139 cm³/mol. The molecule has 0 saturated carbocycles. The molecule has 0 spiro atoms. The van der Waals surface area contributed by atoms with Crippen LogP contribution in [0, 0.1) is 5.82 Å². The van der Waals surface area contributed by atoms with Crippen molar-refractivity contribution in [2.24, 2.45) is 0 Å². The Labute approximate surface area is 219 Å². The first kappa shape index (κ1) is 25.5. The van der Waals surface area contributed by atoms with Gasteiger partial charge < -0.3 is 14.8 Å². The van der Waals surface area contributed by atoms with E-state index in [9.17, 15) is 18.8 Å². The Kier molecular flexibility index (Phi) is 8.07. The summed E-state index contributed by atoms with van der Waals surface area (Å²) in [7, 11) is 1.54. The molecule has 3 amide bonds. The van der Waals surface area contributed by atoms with E-state index in [1.165, 1.54) is 13.2 Å². The third-order valence-electron chi connectivity index (χ3n) is 5.14. The van der Waals surface area contributed by atoms with E-state index in [0.29, 0.717) is 32.8 Å². The molecule has 1 saturated heterocycles. The number of imide groups is 1. The van der Waals surface area contributed by atoms with Crippen molar-refractivity contribution in [3.05, 3.63) is 93.1 Å². The highest BCUT2D eigenvalue weighted by Gasteiger charge is 2.36. The van der Waals surface area contributed by atoms with E-state index in [-0.39, 0.29) is 17.3 Å². The van der Waals surface area contributed by atoms with Crippen LogP contribution in [0.3, 0.4) is 0 Å². The topological polar surface area (TPSA) is 84.9 Å². The molecule has 184 valence electrons. The van der Waals surface area contributed by atoms with Crippen molar-refractivity contribution >= 4 is 56.5 Å². The molecule has 0 aromatic heterocycles. The zero-order valence-corrected chi connectivity index (χ0v) is 21.4. The highest BCUT2D eigenvalue weighted by molar-refractivity contribution is 9.10. The van der Waals surface area contributed by atoms with Crippen LogP contribution in [0.25, 0.3) is 6.08 Å². The Hall–Kier alpha value is -3.63. The molecule has 0 radical (unpaired) electrons. The minimum Gasteiger partial charge on any atom is -0.497 e. The van der Waals surface area contributed by atoms with E-state index in [1.54, 1.807) is 66.7 Å². The number of hydrogen-bond donors (Lipinski definition) is 1. The van der Waals surface area contributed by atoms with Crippen LogP contribution in [0.2, 0.25) is 0 Å². The maximum atomic E-state index is 13.8. The number of rotatable bonds is 8. The van der Waals surface area contributed by atoms with E-state index in [2.05, 4.69) is 21.2 Å². The monoisotopic (exact) mass is 570 g/mol. The summed E-state index contributed by atoms with van der Waals surface area (Å²) in [5.41, 5.74) is 1.59. The van der Waals surface area contributed by atoms with Gasteiger partial charge in [-0.1, -0.05) is 24.3 Å². The third kappa shape index (κ3) is 6.13. The van der Waals surface area contributed by atoms with Gasteiger partial charge >= 0.3 is 0 Å².